The molecule has 3 heterocycles. The molecule has 1 saturated carbocycles. The summed E-state index contributed by atoms with van der Waals surface area (Å²) in [7, 11) is 0. The third kappa shape index (κ3) is 1.69. The van der Waals surface area contributed by atoms with Crippen LogP contribution in [0.2, 0.25) is 0 Å². The Morgan fingerprint density at radius 3 is 2.95 bits per heavy atom. The average Bonchev–Trinajstić information content (AvgIpc) is 2.96. The zero-order valence-electron chi connectivity index (χ0n) is 11.4. The third-order valence-electron chi connectivity index (χ3n) is 4.48. The van der Waals surface area contributed by atoms with Crippen molar-refractivity contribution in [3.63, 3.8) is 0 Å². The zero-order chi connectivity index (χ0) is 13.5. The predicted octanol–water partition coefficient (Wildman–Crippen LogP) is 2.67. The van der Waals surface area contributed by atoms with Crippen LogP contribution in [0.3, 0.4) is 0 Å². The van der Waals surface area contributed by atoms with E-state index in [0.29, 0.717) is 6.04 Å². The molecule has 0 radical (unpaired) electrons. The second-order valence-corrected chi connectivity index (χ2v) is 5.70. The molecule has 1 fully saturated rings. The van der Waals surface area contributed by atoms with E-state index < -0.39 is 0 Å². The predicted molar refractivity (Wildman–Crippen MR) is 77.7 cm³/mol. The van der Waals surface area contributed by atoms with Gasteiger partial charge in [0.15, 0.2) is 0 Å². The molecule has 4 rings (SSSR count). The Morgan fingerprint density at radius 1 is 1.25 bits per heavy atom. The Morgan fingerprint density at radius 2 is 2.10 bits per heavy atom. The van der Waals surface area contributed by atoms with Gasteiger partial charge in [-0.2, -0.15) is 0 Å². The summed E-state index contributed by atoms with van der Waals surface area (Å²) < 4.78 is 1.95. The molecule has 2 aliphatic rings. The minimum absolute atomic E-state index is 0.107. The van der Waals surface area contributed by atoms with E-state index in [9.17, 15) is 4.79 Å². The summed E-state index contributed by atoms with van der Waals surface area (Å²) in [4.78, 5) is 19.6. The fraction of sp³-hybridized carbons (Fsp3) is 0.467. The van der Waals surface area contributed by atoms with Crippen molar-refractivity contribution in [2.45, 2.75) is 44.7 Å². The van der Waals surface area contributed by atoms with Crippen LogP contribution in [-0.4, -0.2) is 14.5 Å². The number of fused-ring (bicyclic) bond motifs is 3. The van der Waals surface area contributed by atoms with Gasteiger partial charge in [0.2, 0.25) is 0 Å². The molecule has 0 spiro atoms. The van der Waals surface area contributed by atoms with Gasteiger partial charge in [-0.05, 0) is 18.9 Å². The van der Waals surface area contributed by atoms with Crippen molar-refractivity contribution in [2.75, 3.05) is 5.32 Å². The fourth-order valence-electron chi connectivity index (χ4n) is 3.51. The van der Waals surface area contributed by atoms with Gasteiger partial charge in [-0.25, -0.2) is 9.78 Å². The normalized spacial score (nSPS) is 18.2. The summed E-state index contributed by atoms with van der Waals surface area (Å²) in [5.41, 5.74) is 3.16. The molecular formula is C15H18N4O. The molecule has 0 unspecified atom stereocenters. The van der Waals surface area contributed by atoms with Gasteiger partial charge in [0.25, 0.3) is 0 Å². The van der Waals surface area contributed by atoms with Crippen molar-refractivity contribution in [2.24, 2.45) is 0 Å². The standard InChI is InChI=1S/C15H18N4O/c20-15-18-9-10-8-17-14-12(6-7-16-14)13(10)19(15)11-4-2-1-3-5-11/h6-7,9,11,16-17H,1-5,8H2. The first-order valence-corrected chi connectivity index (χ1v) is 7.36. The molecule has 0 amide bonds. The first-order chi connectivity index (χ1) is 9.84. The Labute approximate surface area is 117 Å². The van der Waals surface area contributed by atoms with E-state index in [-0.39, 0.29) is 5.69 Å². The number of H-pyrrole nitrogens is 1. The SMILES string of the molecule is O=c1ncc2c(n1C1CCCCC1)-c1cc[nH]c1NC2. The van der Waals surface area contributed by atoms with Gasteiger partial charge in [-0.3, -0.25) is 4.57 Å². The van der Waals surface area contributed by atoms with E-state index in [1.165, 1.54) is 19.3 Å². The number of hydrogen-bond acceptors (Lipinski definition) is 3. The molecule has 20 heavy (non-hydrogen) atoms. The van der Waals surface area contributed by atoms with Gasteiger partial charge in [0.1, 0.15) is 5.82 Å². The van der Waals surface area contributed by atoms with Crippen LogP contribution in [0, 0.1) is 0 Å². The molecule has 1 aliphatic carbocycles. The second-order valence-electron chi connectivity index (χ2n) is 5.70. The molecule has 2 N–H and O–H groups in total. The van der Waals surface area contributed by atoms with Crippen LogP contribution in [0.4, 0.5) is 5.82 Å². The van der Waals surface area contributed by atoms with Crippen molar-refractivity contribution >= 4 is 5.82 Å². The van der Waals surface area contributed by atoms with Crippen molar-refractivity contribution in [1.29, 1.82) is 0 Å². The lowest BCUT2D eigenvalue weighted by Gasteiger charge is -2.29. The highest BCUT2D eigenvalue weighted by molar-refractivity contribution is 5.78. The van der Waals surface area contributed by atoms with Crippen LogP contribution in [0.5, 0.6) is 0 Å². The molecular weight excluding hydrogens is 252 g/mol. The molecule has 104 valence electrons. The highest BCUT2D eigenvalue weighted by Gasteiger charge is 2.26. The Bertz CT molecular complexity index is 694. The van der Waals surface area contributed by atoms with E-state index in [1.807, 2.05) is 16.8 Å². The van der Waals surface area contributed by atoms with Crippen LogP contribution < -0.4 is 11.0 Å². The minimum atomic E-state index is -0.107. The second kappa shape index (κ2) is 4.51. The molecule has 0 saturated heterocycles. The van der Waals surface area contributed by atoms with Crippen LogP contribution in [0.1, 0.15) is 43.7 Å². The highest BCUT2D eigenvalue weighted by Crippen LogP contribution is 2.37. The first kappa shape index (κ1) is 11.8. The van der Waals surface area contributed by atoms with E-state index in [0.717, 1.165) is 42.0 Å². The number of aromatic amines is 1. The maximum atomic E-state index is 12.3. The summed E-state index contributed by atoms with van der Waals surface area (Å²) in [6.45, 7) is 0.725. The van der Waals surface area contributed by atoms with Crippen LogP contribution >= 0.6 is 0 Å². The molecule has 0 bridgehead atoms. The molecule has 5 heteroatoms. The van der Waals surface area contributed by atoms with E-state index in [2.05, 4.69) is 15.3 Å². The number of anilines is 1. The number of rotatable bonds is 1. The number of nitrogens with one attached hydrogen (secondary N) is 2. The van der Waals surface area contributed by atoms with Crippen molar-refractivity contribution < 1.29 is 0 Å². The first-order valence-electron chi connectivity index (χ1n) is 7.36. The number of aromatic nitrogens is 3. The van der Waals surface area contributed by atoms with Crippen LogP contribution in [0.15, 0.2) is 23.3 Å². The summed E-state index contributed by atoms with van der Waals surface area (Å²) in [6, 6.07) is 2.35. The van der Waals surface area contributed by atoms with E-state index in [4.69, 9.17) is 0 Å². The zero-order valence-corrected chi connectivity index (χ0v) is 11.4. The van der Waals surface area contributed by atoms with Gasteiger partial charge in [0.05, 0.1) is 5.69 Å². The maximum Gasteiger partial charge on any atom is 0.348 e. The van der Waals surface area contributed by atoms with Crippen LogP contribution in [-0.2, 0) is 6.54 Å². The fourth-order valence-corrected chi connectivity index (χ4v) is 3.51. The molecule has 0 aromatic carbocycles. The average molecular weight is 270 g/mol. The van der Waals surface area contributed by atoms with Crippen LogP contribution in [0.25, 0.3) is 11.3 Å². The molecule has 2 aromatic heterocycles. The Balaban J connectivity index is 1.93. The van der Waals surface area contributed by atoms with Crippen molar-refractivity contribution in [3.05, 3.63) is 34.5 Å². The highest BCUT2D eigenvalue weighted by atomic mass is 16.1. The minimum Gasteiger partial charge on any atom is -0.367 e. The topological polar surface area (TPSA) is 62.7 Å². The lowest BCUT2D eigenvalue weighted by Crippen LogP contribution is -2.32. The van der Waals surface area contributed by atoms with E-state index in [1.54, 1.807) is 6.20 Å². The molecule has 0 atom stereocenters. The lowest BCUT2D eigenvalue weighted by molar-refractivity contribution is 0.344. The summed E-state index contributed by atoms with van der Waals surface area (Å²) >= 11 is 0. The largest absolute Gasteiger partial charge is 0.367 e. The number of hydrogen-bond donors (Lipinski definition) is 2. The summed E-state index contributed by atoms with van der Waals surface area (Å²) in [5.74, 6) is 1.01. The van der Waals surface area contributed by atoms with Gasteiger partial charge >= 0.3 is 5.69 Å². The Kier molecular flexibility index (Phi) is 2.65. The maximum absolute atomic E-state index is 12.3. The molecule has 5 nitrogen and oxygen atoms in total. The quantitative estimate of drug-likeness (QED) is 0.837. The Hall–Kier alpha value is -2.04. The monoisotopic (exact) mass is 270 g/mol. The smallest absolute Gasteiger partial charge is 0.348 e. The summed E-state index contributed by atoms with van der Waals surface area (Å²) in [5, 5.41) is 3.34. The number of nitrogens with zero attached hydrogens (tertiary/aromatic N) is 2. The summed E-state index contributed by atoms with van der Waals surface area (Å²) in [6.07, 6.45) is 9.52. The van der Waals surface area contributed by atoms with Crippen molar-refractivity contribution in [3.8, 4) is 11.3 Å². The van der Waals surface area contributed by atoms with Crippen molar-refractivity contribution in [1.82, 2.24) is 14.5 Å². The van der Waals surface area contributed by atoms with Gasteiger partial charge in [0, 0.05) is 36.1 Å². The lowest BCUT2D eigenvalue weighted by atomic mass is 9.94. The van der Waals surface area contributed by atoms with Gasteiger partial charge < -0.3 is 10.3 Å². The third-order valence-corrected chi connectivity index (χ3v) is 4.48. The van der Waals surface area contributed by atoms with E-state index >= 15 is 0 Å². The van der Waals surface area contributed by atoms with Gasteiger partial charge in [-0.15, -0.1) is 0 Å². The molecule has 1 aliphatic heterocycles. The van der Waals surface area contributed by atoms with Gasteiger partial charge in [-0.1, -0.05) is 19.3 Å². The molecule has 2 aromatic rings.